The first-order chi connectivity index (χ1) is 13.3. The number of benzene rings is 2. The largest absolute Gasteiger partial charge is 0.376 e. The number of aromatic nitrogens is 2. The number of nitrogens with one attached hydrogen (secondary N) is 1. The molecule has 1 aromatic heterocycles. The lowest BCUT2D eigenvalue weighted by Crippen LogP contribution is -2.39. The molecule has 6 nitrogen and oxygen atoms in total. The highest BCUT2D eigenvalue weighted by Crippen LogP contribution is 2.22. The first kappa shape index (κ1) is 17.7. The van der Waals surface area contributed by atoms with Crippen LogP contribution in [0.15, 0.2) is 54.6 Å². The van der Waals surface area contributed by atoms with E-state index in [4.69, 9.17) is 14.5 Å². The summed E-state index contributed by atoms with van der Waals surface area (Å²) in [6.07, 6.45) is 0.887. The number of amides is 1. The molecule has 27 heavy (non-hydrogen) atoms. The Kier molecular flexibility index (Phi) is 5.46. The molecule has 1 amide bonds. The van der Waals surface area contributed by atoms with E-state index in [1.807, 2.05) is 36.4 Å². The maximum absolute atomic E-state index is 12.3. The van der Waals surface area contributed by atoms with E-state index in [2.05, 4.69) is 28.1 Å². The van der Waals surface area contributed by atoms with E-state index in [1.54, 1.807) is 0 Å². The first-order valence-corrected chi connectivity index (χ1v) is 9.29. The van der Waals surface area contributed by atoms with Gasteiger partial charge in [-0.05, 0) is 24.3 Å². The van der Waals surface area contributed by atoms with Crippen LogP contribution in [0, 0.1) is 0 Å². The fourth-order valence-electron chi connectivity index (χ4n) is 3.30. The van der Waals surface area contributed by atoms with Crippen molar-refractivity contribution in [3.05, 3.63) is 60.4 Å². The van der Waals surface area contributed by atoms with Gasteiger partial charge in [-0.25, -0.2) is 4.98 Å². The Morgan fingerprint density at radius 1 is 1.11 bits per heavy atom. The molecule has 1 fully saturated rings. The molecule has 0 saturated carbocycles. The normalized spacial score (nSPS) is 17.1. The molecular weight excluding hydrogens is 342 g/mol. The monoisotopic (exact) mass is 365 g/mol. The fraction of sp³-hybridized carbons (Fsp3) is 0.333. The zero-order valence-electron chi connectivity index (χ0n) is 15.1. The van der Waals surface area contributed by atoms with Crippen molar-refractivity contribution in [2.75, 3.05) is 26.4 Å². The van der Waals surface area contributed by atoms with Gasteiger partial charge < -0.3 is 14.8 Å². The molecule has 1 saturated heterocycles. The van der Waals surface area contributed by atoms with E-state index < -0.39 is 0 Å². The van der Waals surface area contributed by atoms with Gasteiger partial charge in [-0.15, -0.1) is 0 Å². The molecule has 3 aromatic rings. The Hall–Kier alpha value is -2.70. The summed E-state index contributed by atoms with van der Waals surface area (Å²) >= 11 is 0. The summed E-state index contributed by atoms with van der Waals surface area (Å²) in [4.78, 5) is 17.0. The molecule has 0 bridgehead atoms. The number of carbonyl (C=O) groups is 1. The highest BCUT2D eigenvalue weighted by Gasteiger charge is 2.16. The summed E-state index contributed by atoms with van der Waals surface area (Å²) in [7, 11) is 0. The van der Waals surface area contributed by atoms with Crippen LogP contribution in [0.3, 0.4) is 0 Å². The third-order valence-corrected chi connectivity index (χ3v) is 4.63. The van der Waals surface area contributed by atoms with Gasteiger partial charge in [-0.1, -0.05) is 30.3 Å². The van der Waals surface area contributed by atoms with Gasteiger partial charge in [0, 0.05) is 25.1 Å². The van der Waals surface area contributed by atoms with Gasteiger partial charge >= 0.3 is 0 Å². The molecule has 6 heteroatoms. The van der Waals surface area contributed by atoms with Crippen molar-refractivity contribution < 1.29 is 14.3 Å². The predicted molar refractivity (Wildman–Crippen MR) is 103 cm³/mol. The molecule has 2 aromatic carbocycles. The smallest absolute Gasteiger partial charge is 0.220 e. The number of imidazole rings is 1. The average Bonchev–Trinajstić information content (AvgIpc) is 3.10. The molecule has 0 spiro atoms. The van der Waals surface area contributed by atoms with Crippen LogP contribution in [0.4, 0.5) is 0 Å². The van der Waals surface area contributed by atoms with E-state index in [1.165, 1.54) is 0 Å². The van der Waals surface area contributed by atoms with Crippen LogP contribution in [-0.4, -0.2) is 47.9 Å². The highest BCUT2D eigenvalue weighted by molar-refractivity contribution is 5.79. The van der Waals surface area contributed by atoms with Crippen molar-refractivity contribution in [1.82, 2.24) is 14.9 Å². The van der Waals surface area contributed by atoms with E-state index in [-0.39, 0.29) is 12.0 Å². The lowest BCUT2D eigenvalue weighted by Gasteiger charge is -2.23. The summed E-state index contributed by atoms with van der Waals surface area (Å²) in [6, 6.07) is 18.2. The predicted octanol–water partition coefficient (Wildman–Crippen LogP) is 2.49. The van der Waals surface area contributed by atoms with Crippen LogP contribution >= 0.6 is 0 Å². The molecule has 1 N–H and O–H groups in total. The summed E-state index contributed by atoms with van der Waals surface area (Å²) in [5, 5.41) is 2.93. The molecule has 1 atom stereocenters. The van der Waals surface area contributed by atoms with Crippen LogP contribution < -0.4 is 5.32 Å². The molecule has 1 aliphatic rings. The van der Waals surface area contributed by atoms with Crippen LogP contribution in [-0.2, 0) is 20.7 Å². The minimum absolute atomic E-state index is 0.00385. The second-order valence-electron chi connectivity index (χ2n) is 6.56. The Morgan fingerprint density at radius 3 is 2.74 bits per heavy atom. The quantitative estimate of drug-likeness (QED) is 0.729. The molecular formula is C21H23N3O3. The molecule has 2 heterocycles. The van der Waals surface area contributed by atoms with Crippen molar-refractivity contribution >= 4 is 16.9 Å². The minimum Gasteiger partial charge on any atom is -0.376 e. The molecule has 4 rings (SSSR count). The maximum Gasteiger partial charge on any atom is 0.220 e. The summed E-state index contributed by atoms with van der Waals surface area (Å²) in [5.41, 5.74) is 3.03. The van der Waals surface area contributed by atoms with E-state index in [0.717, 1.165) is 22.5 Å². The number of ether oxygens (including phenoxy) is 2. The average molecular weight is 365 g/mol. The van der Waals surface area contributed by atoms with Gasteiger partial charge in [0.05, 0.1) is 37.0 Å². The van der Waals surface area contributed by atoms with Crippen LogP contribution in [0.2, 0.25) is 0 Å². The van der Waals surface area contributed by atoms with Gasteiger partial charge in [-0.3, -0.25) is 9.36 Å². The number of fused-ring (bicyclic) bond motifs is 1. The SMILES string of the molecule is O=C(CCc1nc2ccccc2n1-c1ccccc1)NC[C@H]1COCCO1. The number of hydrogen-bond donors (Lipinski definition) is 1. The Bertz CT molecular complexity index is 901. The summed E-state index contributed by atoms with van der Waals surface area (Å²) < 4.78 is 13.0. The van der Waals surface area contributed by atoms with Crippen molar-refractivity contribution in [3.8, 4) is 5.69 Å². The number of nitrogens with zero attached hydrogens (tertiary/aromatic N) is 2. The minimum atomic E-state index is -0.0587. The van der Waals surface area contributed by atoms with Gasteiger partial charge in [0.2, 0.25) is 5.91 Å². The Balaban J connectivity index is 1.46. The van der Waals surface area contributed by atoms with Crippen molar-refractivity contribution in [1.29, 1.82) is 0 Å². The van der Waals surface area contributed by atoms with E-state index in [0.29, 0.717) is 39.2 Å². The van der Waals surface area contributed by atoms with Crippen molar-refractivity contribution in [2.45, 2.75) is 18.9 Å². The van der Waals surface area contributed by atoms with Gasteiger partial charge in [0.1, 0.15) is 5.82 Å². The lowest BCUT2D eigenvalue weighted by molar-refractivity contribution is -0.123. The molecule has 0 aliphatic carbocycles. The number of carbonyl (C=O) groups excluding carboxylic acids is 1. The van der Waals surface area contributed by atoms with Gasteiger partial charge in [-0.2, -0.15) is 0 Å². The molecule has 0 radical (unpaired) electrons. The van der Waals surface area contributed by atoms with Gasteiger partial charge in [0.15, 0.2) is 0 Å². The lowest BCUT2D eigenvalue weighted by atomic mass is 10.2. The third kappa shape index (κ3) is 4.18. The van der Waals surface area contributed by atoms with E-state index >= 15 is 0 Å². The number of aryl methyl sites for hydroxylation is 1. The van der Waals surface area contributed by atoms with E-state index in [9.17, 15) is 4.79 Å². The van der Waals surface area contributed by atoms with Crippen LogP contribution in [0.5, 0.6) is 0 Å². The number of hydrogen-bond acceptors (Lipinski definition) is 4. The van der Waals surface area contributed by atoms with Crippen molar-refractivity contribution in [2.24, 2.45) is 0 Å². The Labute approximate surface area is 158 Å². The zero-order chi connectivity index (χ0) is 18.5. The molecule has 1 aliphatic heterocycles. The second kappa shape index (κ2) is 8.33. The number of para-hydroxylation sites is 3. The van der Waals surface area contributed by atoms with Crippen molar-refractivity contribution in [3.63, 3.8) is 0 Å². The fourth-order valence-corrected chi connectivity index (χ4v) is 3.30. The second-order valence-corrected chi connectivity index (χ2v) is 6.56. The first-order valence-electron chi connectivity index (χ1n) is 9.29. The molecule has 0 unspecified atom stereocenters. The zero-order valence-corrected chi connectivity index (χ0v) is 15.1. The molecule has 140 valence electrons. The van der Waals surface area contributed by atoms with Crippen LogP contribution in [0.1, 0.15) is 12.2 Å². The standard InChI is InChI=1S/C21H23N3O3/c25-21(22-14-17-15-26-12-13-27-17)11-10-20-23-18-8-4-5-9-19(18)24(20)16-6-2-1-3-7-16/h1-9,17H,10-15H2,(H,22,25)/t17-/m0/s1. The maximum atomic E-state index is 12.3. The Morgan fingerprint density at radius 2 is 1.93 bits per heavy atom. The topological polar surface area (TPSA) is 65.4 Å². The highest BCUT2D eigenvalue weighted by atomic mass is 16.6. The van der Waals surface area contributed by atoms with Crippen LogP contribution in [0.25, 0.3) is 16.7 Å². The third-order valence-electron chi connectivity index (χ3n) is 4.63. The summed E-state index contributed by atoms with van der Waals surface area (Å²) in [5.74, 6) is 0.880. The number of rotatable bonds is 6. The summed E-state index contributed by atoms with van der Waals surface area (Å²) in [6.45, 7) is 2.22. The van der Waals surface area contributed by atoms with Gasteiger partial charge in [0.25, 0.3) is 0 Å².